The average Bonchev–Trinajstić information content (AvgIpc) is 3.21. The number of thioether (sulfide) groups is 1. The molecule has 0 unspecified atom stereocenters. The molecule has 13 heteroatoms. The quantitative estimate of drug-likeness (QED) is 0.310. The molecule has 3 aliphatic rings. The van der Waals surface area contributed by atoms with Crippen LogP contribution >= 0.6 is 11.8 Å². The van der Waals surface area contributed by atoms with Gasteiger partial charge < -0.3 is 24.6 Å². The van der Waals surface area contributed by atoms with Crippen molar-refractivity contribution < 1.29 is 28.8 Å². The van der Waals surface area contributed by atoms with E-state index in [1.807, 2.05) is 4.90 Å². The van der Waals surface area contributed by atoms with Gasteiger partial charge in [-0.15, -0.1) is 0 Å². The third-order valence-electron chi connectivity index (χ3n) is 6.54. The lowest BCUT2D eigenvalue weighted by molar-refractivity contribution is -0.384. The van der Waals surface area contributed by atoms with Gasteiger partial charge in [0.1, 0.15) is 12.2 Å². The van der Waals surface area contributed by atoms with E-state index < -0.39 is 28.5 Å². The van der Waals surface area contributed by atoms with Crippen LogP contribution in [0.5, 0.6) is 0 Å². The molecular weight excluding hydrogens is 526 g/mol. The summed E-state index contributed by atoms with van der Waals surface area (Å²) in [6.07, 6.45) is 1.50. The van der Waals surface area contributed by atoms with Crippen molar-refractivity contribution in [3.8, 4) is 0 Å². The third kappa shape index (κ3) is 6.05. The Labute approximate surface area is 228 Å². The van der Waals surface area contributed by atoms with Crippen molar-refractivity contribution in [3.63, 3.8) is 0 Å². The normalized spacial score (nSPS) is 19.1. The number of hydrogen-bond acceptors (Lipinski definition) is 10. The minimum absolute atomic E-state index is 0.0930. The van der Waals surface area contributed by atoms with Gasteiger partial charge in [-0.2, -0.15) is 0 Å². The van der Waals surface area contributed by atoms with E-state index in [0.717, 1.165) is 4.90 Å². The van der Waals surface area contributed by atoms with E-state index in [1.165, 1.54) is 12.1 Å². The molecule has 0 bridgehead atoms. The molecular formula is C26H27N5O7S. The van der Waals surface area contributed by atoms with Crippen molar-refractivity contribution in [2.24, 2.45) is 0 Å². The molecule has 204 valence electrons. The zero-order chi connectivity index (χ0) is 27.4. The maximum Gasteiger partial charge on any atom is 0.294 e. The number of nitrogens with one attached hydrogen (secondary N) is 1. The number of para-hydroxylation sites is 1. The van der Waals surface area contributed by atoms with Crippen molar-refractivity contribution in [1.29, 1.82) is 0 Å². The van der Waals surface area contributed by atoms with E-state index >= 15 is 0 Å². The number of nitro benzene ring substituents is 1. The van der Waals surface area contributed by atoms with Crippen LogP contribution in [-0.4, -0.2) is 86.0 Å². The smallest absolute Gasteiger partial charge is 0.294 e. The molecule has 39 heavy (non-hydrogen) atoms. The molecule has 3 amide bonds. The van der Waals surface area contributed by atoms with Gasteiger partial charge in [-0.25, -0.2) is 0 Å². The van der Waals surface area contributed by atoms with Gasteiger partial charge in [0.05, 0.1) is 36.3 Å². The Hall–Kier alpha value is -3.94. The highest BCUT2D eigenvalue weighted by Gasteiger charge is 2.37. The minimum atomic E-state index is -0.624. The fourth-order valence-corrected chi connectivity index (χ4v) is 5.45. The van der Waals surface area contributed by atoms with E-state index in [0.29, 0.717) is 87.0 Å². The van der Waals surface area contributed by atoms with E-state index in [2.05, 4.69) is 10.2 Å². The van der Waals surface area contributed by atoms with Crippen LogP contribution in [-0.2, 0) is 19.1 Å². The topological polar surface area (TPSA) is 135 Å². The second-order valence-electron chi connectivity index (χ2n) is 9.04. The number of carbonyl (C=O) groups excluding carboxylic acids is 3. The molecule has 12 nitrogen and oxygen atoms in total. The fraction of sp³-hybridized carbons (Fsp3) is 0.346. The van der Waals surface area contributed by atoms with Crippen LogP contribution in [0.15, 0.2) is 47.4 Å². The predicted octanol–water partition coefficient (Wildman–Crippen LogP) is 2.94. The standard InChI is InChI=1S/C26H27N5O7S/c32-24(27-19-4-2-1-3-5-19)17-30-25(33)23(39-26(30)34)15-18-14-22(31(35)36)21(29-8-12-38-13-9-29)16-20(18)28-6-10-37-11-7-28/h1-5,14-16H,6-13,17H2,(H,27,32)/b23-15-. The van der Waals surface area contributed by atoms with Crippen LogP contribution in [0, 0.1) is 10.1 Å². The molecule has 0 spiro atoms. The van der Waals surface area contributed by atoms with Crippen LogP contribution in [0.2, 0.25) is 0 Å². The van der Waals surface area contributed by atoms with Crippen LogP contribution in [0.4, 0.5) is 27.5 Å². The lowest BCUT2D eigenvalue weighted by Crippen LogP contribution is -2.38. The summed E-state index contributed by atoms with van der Waals surface area (Å²) >= 11 is 0.705. The second-order valence-corrected chi connectivity index (χ2v) is 10.0. The van der Waals surface area contributed by atoms with E-state index in [9.17, 15) is 24.5 Å². The zero-order valence-electron chi connectivity index (χ0n) is 21.0. The number of nitrogens with zero attached hydrogens (tertiary/aromatic N) is 4. The van der Waals surface area contributed by atoms with Crippen LogP contribution in [0.1, 0.15) is 5.56 Å². The summed E-state index contributed by atoms with van der Waals surface area (Å²) in [4.78, 5) is 55.0. The summed E-state index contributed by atoms with van der Waals surface area (Å²) in [7, 11) is 0. The summed E-state index contributed by atoms with van der Waals surface area (Å²) in [5.41, 5.74) is 2.08. The van der Waals surface area contributed by atoms with Gasteiger partial charge in [0.15, 0.2) is 0 Å². The van der Waals surface area contributed by atoms with Gasteiger partial charge in [0.2, 0.25) is 5.91 Å². The Balaban J connectivity index is 1.45. The molecule has 0 saturated carbocycles. The molecule has 3 fully saturated rings. The Morgan fingerprint density at radius 3 is 2.21 bits per heavy atom. The summed E-state index contributed by atoms with van der Waals surface area (Å²) in [5.74, 6) is -1.13. The highest BCUT2D eigenvalue weighted by molar-refractivity contribution is 8.18. The molecule has 0 aromatic heterocycles. The summed E-state index contributed by atoms with van der Waals surface area (Å²) in [5, 5.41) is 14.2. The lowest BCUT2D eigenvalue weighted by Gasteiger charge is -2.33. The van der Waals surface area contributed by atoms with Gasteiger partial charge in [0, 0.05) is 49.2 Å². The maximum absolute atomic E-state index is 13.2. The summed E-state index contributed by atoms with van der Waals surface area (Å²) < 4.78 is 10.9. The van der Waals surface area contributed by atoms with E-state index in [4.69, 9.17) is 9.47 Å². The van der Waals surface area contributed by atoms with E-state index in [1.54, 1.807) is 36.4 Å². The molecule has 0 aliphatic carbocycles. The van der Waals surface area contributed by atoms with Crippen molar-refractivity contribution in [2.45, 2.75) is 0 Å². The SMILES string of the molecule is O=C(CN1C(=O)S/C(=C\c2cc([N+](=O)[O-])c(N3CCOCC3)cc2N2CCOCC2)C1=O)Nc1ccccc1. The summed E-state index contributed by atoms with van der Waals surface area (Å²) in [6, 6.07) is 11.9. The van der Waals surface area contributed by atoms with Gasteiger partial charge in [-0.1, -0.05) is 18.2 Å². The molecule has 3 saturated heterocycles. The number of morpholine rings is 2. The van der Waals surface area contributed by atoms with Crippen molar-refractivity contribution >= 4 is 57.6 Å². The Morgan fingerprint density at radius 2 is 1.59 bits per heavy atom. The first-order valence-corrected chi connectivity index (χ1v) is 13.3. The highest BCUT2D eigenvalue weighted by Crippen LogP contribution is 2.40. The molecule has 3 heterocycles. The van der Waals surface area contributed by atoms with E-state index in [-0.39, 0.29) is 10.6 Å². The number of carbonyl (C=O) groups is 3. The largest absolute Gasteiger partial charge is 0.378 e. The zero-order valence-corrected chi connectivity index (χ0v) is 21.9. The third-order valence-corrected chi connectivity index (χ3v) is 7.45. The van der Waals surface area contributed by atoms with Crippen molar-refractivity contribution in [1.82, 2.24) is 4.90 Å². The number of imide groups is 1. The Bertz CT molecular complexity index is 1310. The van der Waals surface area contributed by atoms with Crippen LogP contribution in [0.3, 0.4) is 0 Å². The van der Waals surface area contributed by atoms with Crippen LogP contribution in [0.25, 0.3) is 6.08 Å². The van der Waals surface area contributed by atoms with Crippen molar-refractivity contribution in [2.75, 3.05) is 74.3 Å². The average molecular weight is 554 g/mol. The van der Waals surface area contributed by atoms with Gasteiger partial charge in [-0.3, -0.25) is 29.4 Å². The molecule has 2 aromatic rings. The minimum Gasteiger partial charge on any atom is -0.378 e. The summed E-state index contributed by atoms with van der Waals surface area (Å²) in [6.45, 7) is 3.67. The lowest BCUT2D eigenvalue weighted by atomic mass is 10.1. The number of hydrogen-bond donors (Lipinski definition) is 1. The van der Waals surface area contributed by atoms with Gasteiger partial charge in [-0.05, 0) is 36.0 Å². The van der Waals surface area contributed by atoms with Crippen LogP contribution < -0.4 is 15.1 Å². The Kier molecular flexibility index (Phi) is 8.10. The molecule has 3 aliphatic heterocycles. The number of amides is 3. The second kappa shape index (κ2) is 11.8. The predicted molar refractivity (Wildman–Crippen MR) is 147 cm³/mol. The first kappa shape index (κ1) is 26.7. The maximum atomic E-state index is 13.2. The first-order chi connectivity index (χ1) is 18.9. The number of anilines is 3. The number of benzene rings is 2. The number of nitro groups is 1. The molecule has 0 radical (unpaired) electrons. The number of rotatable bonds is 7. The van der Waals surface area contributed by atoms with Gasteiger partial charge in [0.25, 0.3) is 16.8 Å². The van der Waals surface area contributed by atoms with Gasteiger partial charge >= 0.3 is 0 Å². The molecule has 0 atom stereocenters. The molecule has 2 aromatic carbocycles. The first-order valence-electron chi connectivity index (χ1n) is 12.5. The van der Waals surface area contributed by atoms with Crippen molar-refractivity contribution in [3.05, 3.63) is 63.0 Å². The molecule has 5 rings (SSSR count). The monoisotopic (exact) mass is 553 g/mol. The number of ether oxygens (including phenoxy) is 2. The highest BCUT2D eigenvalue weighted by atomic mass is 32.2. The Morgan fingerprint density at radius 1 is 0.974 bits per heavy atom. The fourth-order valence-electron chi connectivity index (χ4n) is 4.62. The molecule has 1 N–H and O–H groups in total.